The average Bonchev–Trinajstić information content (AvgIpc) is 4.13. The summed E-state index contributed by atoms with van der Waals surface area (Å²) < 4.78 is 0. The molecule has 68 heavy (non-hydrogen) atoms. The molecule has 0 heterocycles. The van der Waals surface area contributed by atoms with Crippen LogP contribution in [0.3, 0.4) is 0 Å². The predicted molar refractivity (Wildman–Crippen MR) is 279 cm³/mol. The van der Waals surface area contributed by atoms with Crippen molar-refractivity contribution in [2.75, 3.05) is 0 Å². The van der Waals surface area contributed by atoms with Crippen molar-refractivity contribution in [1.82, 2.24) is 0 Å². The molecule has 12 rings (SSSR count). The SMILES string of the molecule is Cc1cc2c(-c3ccccc3)cccc2[cH-]1.Cc1cc2c(-c3ccccc3)cccc2[cH-]1.Cc1cc2c(-c3ccccc3)cccc2[cH-]1.Cc1cc2c(-c3ccccc3)cccc2[cH-]1.[F-].[F-].[Zr+2].[Zr+2]. The van der Waals surface area contributed by atoms with Crippen LogP contribution in [-0.4, -0.2) is 0 Å². The van der Waals surface area contributed by atoms with Gasteiger partial charge in [-0.15, -0.1) is 138 Å². The molecule has 0 N–H and O–H groups in total. The Labute approximate surface area is 438 Å². The Balaban J connectivity index is 0.000000166. The van der Waals surface area contributed by atoms with E-state index in [4.69, 9.17) is 0 Å². The van der Waals surface area contributed by atoms with Crippen LogP contribution < -0.4 is 9.41 Å². The van der Waals surface area contributed by atoms with E-state index in [-0.39, 0.29) is 61.8 Å². The van der Waals surface area contributed by atoms with Crippen LogP contribution in [0, 0.1) is 27.7 Å². The van der Waals surface area contributed by atoms with Gasteiger partial charge in [-0.05, 0) is 22.3 Å². The first kappa shape index (κ1) is 52.8. The first-order chi connectivity index (χ1) is 31.4. The normalized spacial score (nSPS) is 10.2. The van der Waals surface area contributed by atoms with Crippen molar-refractivity contribution < 1.29 is 61.8 Å². The summed E-state index contributed by atoms with van der Waals surface area (Å²) in [6.07, 6.45) is 0. The fraction of sp³-hybridized carbons (Fsp3) is 0.0625. The molecule has 0 spiro atoms. The molecule has 0 amide bonds. The van der Waals surface area contributed by atoms with E-state index in [0.29, 0.717) is 0 Å². The monoisotopic (exact) mass is 1040 g/mol. The largest absolute Gasteiger partial charge is 2.00 e. The van der Waals surface area contributed by atoms with Crippen molar-refractivity contribution in [1.29, 1.82) is 0 Å². The fourth-order valence-corrected chi connectivity index (χ4v) is 9.02. The minimum absolute atomic E-state index is 0. The van der Waals surface area contributed by atoms with E-state index < -0.39 is 0 Å². The van der Waals surface area contributed by atoms with Crippen molar-refractivity contribution in [2.24, 2.45) is 0 Å². The van der Waals surface area contributed by atoms with Crippen molar-refractivity contribution in [3.8, 4) is 44.5 Å². The van der Waals surface area contributed by atoms with E-state index in [2.05, 4.69) is 270 Å². The summed E-state index contributed by atoms with van der Waals surface area (Å²) in [5.41, 5.74) is 15.8. The zero-order valence-corrected chi connectivity index (χ0v) is 43.8. The molecule has 0 saturated heterocycles. The van der Waals surface area contributed by atoms with Crippen molar-refractivity contribution >= 4 is 43.1 Å². The number of hydrogen-bond acceptors (Lipinski definition) is 0. The molecule has 0 aliphatic heterocycles. The Kier molecular flexibility index (Phi) is 19.2. The third kappa shape index (κ3) is 12.3. The first-order valence-electron chi connectivity index (χ1n) is 22.2. The maximum atomic E-state index is 2.26. The Morgan fingerprint density at radius 1 is 0.235 bits per heavy atom. The summed E-state index contributed by atoms with van der Waals surface area (Å²) in [4.78, 5) is 0. The number of fused-ring (bicyclic) bond motifs is 4. The summed E-state index contributed by atoms with van der Waals surface area (Å²) in [5, 5.41) is 10.7. The molecular weight excluding hydrogens is 989 g/mol. The minimum atomic E-state index is 0. The van der Waals surface area contributed by atoms with Crippen LogP contribution in [-0.2, 0) is 52.4 Å². The number of halogens is 2. The van der Waals surface area contributed by atoms with Crippen LogP contribution in [0.1, 0.15) is 22.3 Å². The van der Waals surface area contributed by atoms with Gasteiger partial charge in [-0.25, -0.2) is 0 Å². The second-order valence-electron chi connectivity index (χ2n) is 16.8. The number of benzene rings is 8. The van der Waals surface area contributed by atoms with Crippen LogP contribution >= 0.6 is 0 Å². The van der Waals surface area contributed by atoms with Crippen LogP contribution in [0.2, 0.25) is 0 Å². The summed E-state index contributed by atoms with van der Waals surface area (Å²) >= 11 is 0. The van der Waals surface area contributed by atoms with Gasteiger partial charge in [-0.2, -0.15) is 24.3 Å². The molecule has 0 nitrogen and oxygen atoms in total. The number of rotatable bonds is 4. The third-order valence-corrected chi connectivity index (χ3v) is 11.9. The second-order valence-corrected chi connectivity index (χ2v) is 16.8. The molecule has 12 aromatic rings. The smallest absolute Gasteiger partial charge is 1.00 e. The van der Waals surface area contributed by atoms with Gasteiger partial charge in [0, 0.05) is 0 Å². The maximum Gasteiger partial charge on any atom is 2.00 e. The van der Waals surface area contributed by atoms with Crippen LogP contribution in [0.15, 0.2) is 243 Å². The van der Waals surface area contributed by atoms with Crippen molar-refractivity contribution in [3.63, 3.8) is 0 Å². The van der Waals surface area contributed by atoms with Crippen LogP contribution in [0.5, 0.6) is 0 Å². The van der Waals surface area contributed by atoms with E-state index in [1.807, 2.05) is 0 Å². The second kappa shape index (κ2) is 24.7. The molecule has 332 valence electrons. The molecule has 0 saturated carbocycles. The first-order valence-corrected chi connectivity index (χ1v) is 22.2. The van der Waals surface area contributed by atoms with Gasteiger partial charge in [0.2, 0.25) is 0 Å². The summed E-state index contributed by atoms with van der Waals surface area (Å²) in [5.74, 6) is 0. The summed E-state index contributed by atoms with van der Waals surface area (Å²) in [6.45, 7) is 8.59. The average molecular weight is 1040 g/mol. The van der Waals surface area contributed by atoms with Gasteiger partial charge in [-0.1, -0.05) is 196 Å². The van der Waals surface area contributed by atoms with Gasteiger partial charge in [0.25, 0.3) is 0 Å². The van der Waals surface area contributed by atoms with Gasteiger partial charge in [-0.3, -0.25) is 0 Å². The number of hydrogen-bond donors (Lipinski definition) is 0. The Morgan fingerprint density at radius 3 is 0.618 bits per heavy atom. The van der Waals surface area contributed by atoms with Crippen molar-refractivity contribution in [3.05, 3.63) is 265 Å². The molecule has 0 aromatic heterocycles. The van der Waals surface area contributed by atoms with E-state index >= 15 is 0 Å². The maximum absolute atomic E-state index is 2.26. The van der Waals surface area contributed by atoms with Gasteiger partial charge in [0.05, 0.1) is 0 Å². The van der Waals surface area contributed by atoms with Gasteiger partial charge in [0.15, 0.2) is 0 Å². The summed E-state index contributed by atoms with van der Waals surface area (Å²) in [7, 11) is 0. The third-order valence-electron chi connectivity index (χ3n) is 11.9. The standard InChI is InChI=1S/4C16H13.2FH.2Zr/c4*1-12-10-14-8-5-9-15(16(14)11-12)13-6-3-2-4-7-13;;;;/h4*2-11H,1H3;2*1H;;/q4*-1;;;2*+2/p-2. The quantitative estimate of drug-likeness (QED) is 0.154. The molecule has 12 aromatic carbocycles. The molecule has 0 aliphatic carbocycles. The van der Waals surface area contributed by atoms with Crippen LogP contribution in [0.25, 0.3) is 87.6 Å². The Hall–Kier alpha value is -6.17. The zero-order valence-electron chi connectivity index (χ0n) is 38.8. The molecule has 0 radical (unpaired) electrons. The van der Waals surface area contributed by atoms with E-state index in [0.717, 1.165) is 0 Å². The molecule has 0 atom stereocenters. The number of aryl methyl sites for hydroxylation is 4. The topological polar surface area (TPSA) is 0 Å². The Bertz CT molecular complexity index is 2950. The molecule has 0 bridgehead atoms. The molecule has 0 fully saturated rings. The predicted octanol–water partition coefficient (Wildman–Crippen LogP) is 12.1. The van der Waals surface area contributed by atoms with E-state index in [1.54, 1.807) is 0 Å². The van der Waals surface area contributed by atoms with E-state index in [9.17, 15) is 0 Å². The van der Waals surface area contributed by atoms with Gasteiger partial charge in [0.1, 0.15) is 0 Å². The van der Waals surface area contributed by atoms with Crippen molar-refractivity contribution in [2.45, 2.75) is 27.7 Å². The fourth-order valence-electron chi connectivity index (χ4n) is 9.02. The minimum Gasteiger partial charge on any atom is -1.00 e. The zero-order chi connectivity index (χ0) is 43.8. The molecule has 0 aliphatic rings. The van der Waals surface area contributed by atoms with Gasteiger partial charge >= 0.3 is 52.4 Å². The molecular formula is C64H52F2Zr2-2. The van der Waals surface area contributed by atoms with Crippen LogP contribution in [0.4, 0.5) is 0 Å². The molecule has 0 unspecified atom stereocenters. The summed E-state index contributed by atoms with van der Waals surface area (Å²) in [6, 6.07) is 86.2. The van der Waals surface area contributed by atoms with E-state index in [1.165, 1.54) is 110 Å². The molecule has 4 heteroatoms. The van der Waals surface area contributed by atoms with Gasteiger partial charge < -0.3 is 9.41 Å². The Morgan fingerprint density at radius 2 is 0.426 bits per heavy atom.